The summed E-state index contributed by atoms with van der Waals surface area (Å²) in [6, 6.07) is 7.75. The van der Waals surface area contributed by atoms with E-state index in [0.29, 0.717) is 18.9 Å². The summed E-state index contributed by atoms with van der Waals surface area (Å²) in [5.74, 6) is 0.821. The van der Waals surface area contributed by atoms with Crippen LogP contribution in [-0.4, -0.2) is 44.9 Å². The third-order valence-electron chi connectivity index (χ3n) is 4.72. The van der Waals surface area contributed by atoms with E-state index in [1.807, 2.05) is 53.2 Å². The van der Waals surface area contributed by atoms with Crippen LogP contribution in [0, 0.1) is 5.92 Å². The first kappa shape index (κ1) is 17.8. The molecule has 1 aliphatic rings. The Morgan fingerprint density at radius 2 is 2.16 bits per heavy atom. The predicted molar refractivity (Wildman–Crippen MR) is 99.7 cm³/mol. The van der Waals surface area contributed by atoms with Crippen LogP contribution in [0.4, 0.5) is 10.5 Å². The molecular weight excluding hydrogens is 336 g/mol. The van der Waals surface area contributed by atoms with Gasteiger partial charge < -0.3 is 19.9 Å². The Morgan fingerprint density at radius 3 is 2.80 bits per heavy atom. The number of carbonyl (C=O) groups excluding carboxylic acids is 1. The van der Waals surface area contributed by atoms with Gasteiger partial charge in [-0.3, -0.25) is 0 Å². The van der Waals surface area contributed by atoms with Crippen LogP contribution in [0.2, 0.25) is 0 Å². The maximum atomic E-state index is 12.5. The van der Waals surface area contributed by atoms with E-state index in [4.69, 9.17) is 0 Å². The van der Waals surface area contributed by atoms with Crippen LogP contribution in [0.5, 0.6) is 0 Å². The van der Waals surface area contributed by atoms with Gasteiger partial charge in [-0.15, -0.1) is 11.8 Å². The van der Waals surface area contributed by atoms with Gasteiger partial charge in [0.05, 0.1) is 0 Å². The second-order valence-electron chi connectivity index (χ2n) is 6.33. The molecule has 1 aromatic heterocycles. The molecule has 0 radical (unpaired) electrons. The Morgan fingerprint density at radius 1 is 1.40 bits per heavy atom. The number of nitrogens with one attached hydrogen (secondary N) is 1. The van der Waals surface area contributed by atoms with E-state index in [2.05, 4.69) is 10.3 Å². The van der Waals surface area contributed by atoms with Gasteiger partial charge in [0.1, 0.15) is 11.9 Å². The lowest BCUT2D eigenvalue weighted by atomic mass is 9.91. The molecule has 1 unspecified atom stereocenters. The highest BCUT2D eigenvalue weighted by atomic mass is 32.2. The number of amides is 2. The van der Waals surface area contributed by atoms with Crippen molar-refractivity contribution < 1.29 is 9.90 Å². The summed E-state index contributed by atoms with van der Waals surface area (Å²) in [7, 11) is 1.89. The topological polar surface area (TPSA) is 70.4 Å². The molecule has 2 heterocycles. The van der Waals surface area contributed by atoms with Crippen molar-refractivity contribution in [2.75, 3.05) is 24.7 Å². The first-order chi connectivity index (χ1) is 12.1. The third-order valence-corrected chi connectivity index (χ3v) is 5.44. The van der Waals surface area contributed by atoms with Gasteiger partial charge in [-0.25, -0.2) is 9.78 Å². The number of thioether (sulfide) groups is 1. The summed E-state index contributed by atoms with van der Waals surface area (Å²) in [5, 5.41) is 13.5. The van der Waals surface area contributed by atoms with E-state index < -0.39 is 6.10 Å². The summed E-state index contributed by atoms with van der Waals surface area (Å²) in [6.45, 7) is 1.28. The highest BCUT2D eigenvalue weighted by Gasteiger charge is 2.30. The Hall–Kier alpha value is -1.99. The highest BCUT2D eigenvalue weighted by molar-refractivity contribution is 7.98. The van der Waals surface area contributed by atoms with Gasteiger partial charge in [-0.05, 0) is 43.2 Å². The van der Waals surface area contributed by atoms with Crippen molar-refractivity contribution in [2.45, 2.75) is 23.8 Å². The largest absolute Gasteiger partial charge is 0.385 e. The molecular formula is C18H24N4O2S. The van der Waals surface area contributed by atoms with Crippen LogP contribution < -0.4 is 5.32 Å². The van der Waals surface area contributed by atoms with Crippen molar-refractivity contribution in [3.8, 4) is 0 Å². The average molecular weight is 360 g/mol. The van der Waals surface area contributed by atoms with Gasteiger partial charge >= 0.3 is 6.03 Å². The van der Waals surface area contributed by atoms with E-state index in [9.17, 15) is 9.90 Å². The molecule has 0 bridgehead atoms. The summed E-state index contributed by atoms with van der Waals surface area (Å²) in [4.78, 5) is 19.6. The number of aromatic nitrogens is 2. The van der Waals surface area contributed by atoms with Crippen LogP contribution in [0.1, 0.15) is 24.8 Å². The van der Waals surface area contributed by atoms with E-state index in [0.717, 1.165) is 23.4 Å². The summed E-state index contributed by atoms with van der Waals surface area (Å²) in [6.07, 6.45) is 6.51. The first-order valence-corrected chi connectivity index (χ1v) is 9.66. The van der Waals surface area contributed by atoms with E-state index in [1.165, 1.54) is 0 Å². The smallest absolute Gasteiger partial charge is 0.321 e. The molecule has 0 saturated carbocycles. The Kier molecular flexibility index (Phi) is 5.65. The van der Waals surface area contributed by atoms with Crippen LogP contribution in [-0.2, 0) is 7.05 Å². The fourth-order valence-electron chi connectivity index (χ4n) is 3.19. The molecule has 1 aliphatic heterocycles. The van der Waals surface area contributed by atoms with Gasteiger partial charge in [-0.1, -0.05) is 6.07 Å². The van der Waals surface area contributed by atoms with Crippen LogP contribution >= 0.6 is 11.8 Å². The van der Waals surface area contributed by atoms with Crippen molar-refractivity contribution in [1.29, 1.82) is 0 Å². The lowest BCUT2D eigenvalue weighted by Gasteiger charge is -2.34. The summed E-state index contributed by atoms with van der Waals surface area (Å²) in [5.41, 5.74) is 0.812. The molecule has 7 heteroatoms. The minimum atomic E-state index is -0.580. The van der Waals surface area contributed by atoms with Crippen molar-refractivity contribution in [2.24, 2.45) is 13.0 Å². The van der Waals surface area contributed by atoms with E-state index in [1.54, 1.807) is 18.0 Å². The zero-order valence-electron chi connectivity index (χ0n) is 14.6. The molecule has 134 valence electrons. The normalized spacial score (nSPS) is 16.7. The fraction of sp³-hybridized carbons (Fsp3) is 0.444. The first-order valence-electron chi connectivity index (χ1n) is 8.43. The van der Waals surface area contributed by atoms with Crippen LogP contribution in [0.3, 0.4) is 0 Å². The number of hydrogen-bond acceptors (Lipinski definition) is 4. The maximum Gasteiger partial charge on any atom is 0.321 e. The van der Waals surface area contributed by atoms with Crippen LogP contribution in [0.15, 0.2) is 41.6 Å². The number of aliphatic hydroxyl groups is 1. The lowest BCUT2D eigenvalue weighted by Crippen LogP contribution is -2.42. The predicted octanol–water partition coefficient (Wildman–Crippen LogP) is 3.12. The molecule has 6 nitrogen and oxygen atoms in total. The number of benzene rings is 1. The number of hydrogen-bond donors (Lipinski definition) is 2. The number of aliphatic hydroxyl groups excluding tert-OH is 1. The number of anilines is 1. The maximum absolute atomic E-state index is 12.5. The number of nitrogens with zero attached hydrogens (tertiary/aromatic N) is 3. The summed E-state index contributed by atoms with van der Waals surface area (Å²) < 4.78 is 1.85. The summed E-state index contributed by atoms with van der Waals surface area (Å²) >= 11 is 1.65. The monoisotopic (exact) mass is 360 g/mol. The Bertz CT molecular complexity index is 725. The zero-order chi connectivity index (χ0) is 17.8. The van der Waals surface area contributed by atoms with Gasteiger partial charge in [0.15, 0.2) is 0 Å². The number of aryl methyl sites for hydroxylation is 1. The van der Waals surface area contributed by atoms with Gasteiger partial charge in [0.25, 0.3) is 0 Å². The molecule has 1 aromatic carbocycles. The SMILES string of the molecule is CSc1cccc(NC(=O)N2CCC(C(O)c3nccn3C)CC2)c1. The van der Waals surface area contributed by atoms with Crippen molar-refractivity contribution in [3.05, 3.63) is 42.5 Å². The standard InChI is InChI=1S/C18H24N4O2S/c1-21-11-8-19-17(21)16(23)13-6-9-22(10-7-13)18(24)20-14-4-3-5-15(12-14)25-2/h3-5,8,11-13,16,23H,6-7,9-10H2,1-2H3,(H,20,24). The van der Waals surface area contributed by atoms with Crippen molar-refractivity contribution in [1.82, 2.24) is 14.5 Å². The van der Waals surface area contributed by atoms with E-state index >= 15 is 0 Å². The quantitative estimate of drug-likeness (QED) is 0.822. The molecule has 0 spiro atoms. The number of likely N-dealkylation sites (tertiary alicyclic amines) is 1. The molecule has 1 fully saturated rings. The molecule has 2 N–H and O–H groups in total. The number of carbonyl (C=O) groups is 1. The molecule has 25 heavy (non-hydrogen) atoms. The van der Waals surface area contributed by atoms with Crippen LogP contribution in [0.25, 0.3) is 0 Å². The minimum absolute atomic E-state index is 0.0804. The van der Waals surface area contributed by atoms with Crippen molar-refractivity contribution in [3.63, 3.8) is 0 Å². The molecule has 3 rings (SSSR count). The van der Waals surface area contributed by atoms with E-state index in [-0.39, 0.29) is 11.9 Å². The molecule has 0 aliphatic carbocycles. The molecule has 2 amide bonds. The Balaban J connectivity index is 1.54. The molecule has 1 saturated heterocycles. The number of imidazole rings is 1. The minimum Gasteiger partial charge on any atom is -0.385 e. The Labute approximate surface area is 152 Å². The number of urea groups is 1. The fourth-order valence-corrected chi connectivity index (χ4v) is 3.65. The van der Waals surface area contributed by atoms with Gasteiger partial charge in [0, 0.05) is 43.1 Å². The molecule has 1 atom stereocenters. The number of rotatable bonds is 4. The average Bonchev–Trinajstić information content (AvgIpc) is 3.07. The van der Waals surface area contributed by atoms with Gasteiger partial charge in [0.2, 0.25) is 0 Å². The van der Waals surface area contributed by atoms with Crippen molar-refractivity contribution >= 4 is 23.5 Å². The second kappa shape index (κ2) is 7.93. The second-order valence-corrected chi connectivity index (χ2v) is 7.21. The third kappa shape index (κ3) is 4.16. The van der Waals surface area contributed by atoms with Gasteiger partial charge in [-0.2, -0.15) is 0 Å². The lowest BCUT2D eigenvalue weighted by molar-refractivity contribution is 0.0600. The zero-order valence-corrected chi connectivity index (χ0v) is 15.4. The molecule has 2 aromatic rings. The highest BCUT2D eigenvalue weighted by Crippen LogP contribution is 2.30. The number of piperidine rings is 1.